The number of aryl methyl sites for hydroxylation is 2. The predicted molar refractivity (Wildman–Crippen MR) is 139 cm³/mol. The Balaban J connectivity index is 1.38. The van der Waals surface area contributed by atoms with Crippen LogP contribution in [0.15, 0.2) is 58.3 Å². The summed E-state index contributed by atoms with van der Waals surface area (Å²) in [5.74, 6) is -0.282. The van der Waals surface area contributed by atoms with E-state index in [9.17, 15) is 18.6 Å². The van der Waals surface area contributed by atoms with Crippen LogP contribution < -0.4 is 0 Å². The minimum absolute atomic E-state index is 0.210. The van der Waals surface area contributed by atoms with E-state index in [1.54, 1.807) is 0 Å². The van der Waals surface area contributed by atoms with E-state index in [0.717, 1.165) is 20.9 Å². The maximum Gasteiger partial charge on any atom is 0.168 e. The van der Waals surface area contributed by atoms with Gasteiger partial charge in [0.15, 0.2) is 5.79 Å². The van der Waals surface area contributed by atoms with Gasteiger partial charge >= 0.3 is 0 Å². The van der Waals surface area contributed by atoms with Gasteiger partial charge in [0.05, 0.1) is 58.5 Å². The fraction of sp³-hybridized carbons (Fsp3) is 0.556. The van der Waals surface area contributed by atoms with Crippen LogP contribution in [0.5, 0.6) is 0 Å². The molecule has 6 nitrogen and oxygen atoms in total. The molecule has 2 aromatic rings. The first-order valence-corrected chi connectivity index (χ1v) is 14.9. The molecule has 1 aliphatic heterocycles. The molecule has 1 saturated heterocycles. The van der Waals surface area contributed by atoms with E-state index in [4.69, 9.17) is 9.47 Å². The maximum absolute atomic E-state index is 12.5. The Morgan fingerprint density at radius 1 is 0.743 bits per heavy atom. The predicted octanol–water partition coefficient (Wildman–Crippen LogP) is 4.02. The number of rotatable bonds is 14. The molecule has 8 heteroatoms. The molecule has 1 aliphatic rings. The van der Waals surface area contributed by atoms with Crippen molar-refractivity contribution in [2.75, 3.05) is 24.7 Å². The van der Waals surface area contributed by atoms with Gasteiger partial charge in [0.25, 0.3) is 0 Å². The second-order valence-corrected chi connectivity index (χ2v) is 12.3. The number of aliphatic hydroxyl groups excluding tert-OH is 2. The van der Waals surface area contributed by atoms with E-state index in [1.807, 2.05) is 62.4 Å². The van der Waals surface area contributed by atoms with Crippen LogP contribution >= 0.6 is 0 Å². The number of benzene rings is 2. The summed E-state index contributed by atoms with van der Waals surface area (Å²) in [6, 6.07) is 15.1. The molecule has 3 rings (SSSR count). The minimum Gasteiger partial charge on any atom is -0.392 e. The van der Waals surface area contributed by atoms with Crippen LogP contribution in [0, 0.1) is 13.8 Å². The van der Waals surface area contributed by atoms with Crippen LogP contribution in [0.25, 0.3) is 0 Å². The van der Waals surface area contributed by atoms with Crippen molar-refractivity contribution in [2.45, 2.75) is 80.2 Å². The Kier molecular flexibility index (Phi) is 11.1. The van der Waals surface area contributed by atoms with Crippen LogP contribution in [-0.4, -0.2) is 61.3 Å². The van der Waals surface area contributed by atoms with Gasteiger partial charge in [-0.25, -0.2) is 0 Å². The van der Waals surface area contributed by atoms with Gasteiger partial charge in [-0.1, -0.05) is 35.4 Å². The van der Waals surface area contributed by atoms with E-state index in [-0.39, 0.29) is 11.5 Å². The highest BCUT2D eigenvalue weighted by atomic mass is 32.2. The lowest BCUT2D eigenvalue weighted by molar-refractivity contribution is -0.169. The zero-order valence-electron chi connectivity index (χ0n) is 20.7. The lowest BCUT2D eigenvalue weighted by Crippen LogP contribution is -2.31. The summed E-state index contributed by atoms with van der Waals surface area (Å²) >= 11 is 0. The molecule has 1 fully saturated rings. The topological polar surface area (TPSA) is 93.1 Å². The normalized spacial score (nSPS) is 18.7. The maximum atomic E-state index is 12.5. The second-order valence-electron chi connectivity index (χ2n) is 9.35. The zero-order valence-corrected chi connectivity index (χ0v) is 22.3. The summed E-state index contributed by atoms with van der Waals surface area (Å²) in [5.41, 5.74) is 2.22. The van der Waals surface area contributed by atoms with Crippen LogP contribution in [0.1, 0.15) is 49.7 Å². The Labute approximate surface area is 214 Å². The van der Waals surface area contributed by atoms with Crippen molar-refractivity contribution < 1.29 is 28.1 Å². The highest BCUT2D eigenvalue weighted by molar-refractivity contribution is 7.85. The van der Waals surface area contributed by atoms with Crippen molar-refractivity contribution in [2.24, 2.45) is 0 Å². The van der Waals surface area contributed by atoms with Crippen LogP contribution in [0.4, 0.5) is 0 Å². The summed E-state index contributed by atoms with van der Waals surface area (Å²) in [7, 11) is -2.47. The van der Waals surface area contributed by atoms with Crippen LogP contribution in [0.3, 0.4) is 0 Å². The van der Waals surface area contributed by atoms with Gasteiger partial charge in [-0.15, -0.1) is 0 Å². The summed E-state index contributed by atoms with van der Waals surface area (Å²) in [6.45, 7) is 5.02. The first-order valence-electron chi connectivity index (χ1n) is 12.3. The third-order valence-corrected chi connectivity index (χ3v) is 9.23. The molecule has 0 radical (unpaired) electrons. The van der Waals surface area contributed by atoms with E-state index in [1.165, 1.54) is 0 Å². The molecule has 0 bridgehead atoms. The number of hydrogen-bond acceptors (Lipinski definition) is 6. The summed E-state index contributed by atoms with van der Waals surface area (Å²) in [4.78, 5) is 1.46. The van der Waals surface area contributed by atoms with E-state index < -0.39 is 39.6 Å². The number of ether oxygens (including phenoxy) is 2. The van der Waals surface area contributed by atoms with E-state index in [0.29, 0.717) is 51.7 Å². The van der Waals surface area contributed by atoms with Crippen molar-refractivity contribution in [3.63, 3.8) is 0 Å². The molecule has 1 heterocycles. The van der Waals surface area contributed by atoms with Crippen molar-refractivity contribution in [1.29, 1.82) is 0 Å². The van der Waals surface area contributed by atoms with Crippen molar-refractivity contribution >= 4 is 21.6 Å². The van der Waals surface area contributed by atoms with Gasteiger partial charge in [0, 0.05) is 22.6 Å². The highest BCUT2D eigenvalue weighted by Gasteiger charge is 2.35. The number of hydrogen-bond donors (Lipinski definition) is 2. The summed E-state index contributed by atoms with van der Waals surface area (Å²) < 4.78 is 36.8. The zero-order chi connectivity index (χ0) is 25.3. The smallest absolute Gasteiger partial charge is 0.168 e. The lowest BCUT2D eigenvalue weighted by Gasteiger charge is -2.28. The Morgan fingerprint density at radius 3 is 1.49 bits per heavy atom. The molecule has 0 spiro atoms. The number of aliphatic hydroxyl groups is 2. The van der Waals surface area contributed by atoms with Gasteiger partial charge in [-0.3, -0.25) is 8.42 Å². The SMILES string of the molecule is Cc1ccc([S@](=O)C[C@@H](O)CCCC2(CCC[C@H](O)C[S@@](=O)c3ccc(C)cc3)OCCO2)cc1. The molecule has 0 amide bonds. The van der Waals surface area contributed by atoms with Crippen molar-refractivity contribution in [3.05, 3.63) is 59.7 Å². The third kappa shape index (κ3) is 9.19. The second kappa shape index (κ2) is 13.8. The standard InChI is InChI=1S/C27H38O6S2/c1-21-7-11-25(12-8-21)34(30)19-23(28)5-3-15-27(32-17-18-33-27)16-4-6-24(29)20-35(31)26-13-9-22(2)10-14-26/h7-14,23-24,28-29H,3-6,15-20H2,1-2H3/t23-,24-,34+,35+/m0/s1. The molecule has 2 aromatic carbocycles. The quantitative estimate of drug-likeness (QED) is 0.389. The van der Waals surface area contributed by atoms with E-state index >= 15 is 0 Å². The first-order chi connectivity index (χ1) is 16.8. The molecule has 2 N–H and O–H groups in total. The monoisotopic (exact) mass is 522 g/mol. The molecule has 0 aliphatic carbocycles. The Morgan fingerprint density at radius 2 is 1.11 bits per heavy atom. The lowest BCUT2D eigenvalue weighted by atomic mass is 10.00. The summed E-state index contributed by atoms with van der Waals surface area (Å²) in [6.07, 6.45) is 2.36. The average molecular weight is 523 g/mol. The first kappa shape index (κ1) is 28.2. The molecule has 194 valence electrons. The van der Waals surface area contributed by atoms with Gasteiger partial charge in [-0.05, 0) is 63.8 Å². The summed E-state index contributed by atoms with van der Waals surface area (Å²) in [5, 5.41) is 20.8. The van der Waals surface area contributed by atoms with Gasteiger partial charge in [-0.2, -0.15) is 0 Å². The molecule has 0 aromatic heterocycles. The van der Waals surface area contributed by atoms with Gasteiger partial charge in [0.2, 0.25) is 0 Å². The third-order valence-electron chi connectivity index (χ3n) is 6.26. The Hall–Kier alpha value is -1.42. The largest absolute Gasteiger partial charge is 0.392 e. The van der Waals surface area contributed by atoms with Crippen LogP contribution in [0.2, 0.25) is 0 Å². The van der Waals surface area contributed by atoms with Crippen molar-refractivity contribution in [3.8, 4) is 0 Å². The highest BCUT2D eigenvalue weighted by Crippen LogP contribution is 2.32. The van der Waals surface area contributed by atoms with Crippen molar-refractivity contribution in [1.82, 2.24) is 0 Å². The molecule has 0 unspecified atom stereocenters. The van der Waals surface area contributed by atoms with E-state index in [2.05, 4.69) is 0 Å². The van der Waals surface area contributed by atoms with Gasteiger partial charge < -0.3 is 19.7 Å². The minimum atomic E-state index is -1.23. The fourth-order valence-electron chi connectivity index (χ4n) is 4.21. The molecular weight excluding hydrogens is 484 g/mol. The molecular formula is C27H38O6S2. The molecule has 4 atom stereocenters. The Bertz CT molecular complexity index is 881. The molecule has 0 saturated carbocycles. The average Bonchev–Trinajstić information content (AvgIpc) is 3.28. The van der Waals surface area contributed by atoms with Gasteiger partial charge in [0.1, 0.15) is 0 Å². The molecule has 35 heavy (non-hydrogen) atoms. The van der Waals surface area contributed by atoms with Crippen LogP contribution in [-0.2, 0) is 31.1 Å². The fourth-order valence-corrected chi connectivity index (χ4v) is 6.51.